The van der Waals surface area contributed by atoms with Crippen LogP contribution in [0.5, 0.6) is 5.88 Å². The van der Waals surface area contributed by atoms with Crippen LogP contribution in [0.4, 0.5) is 14.9 Å². The van der Waals surface area contributed by atoms with E-state index in [1.165, 1.54) is 24.3 Å². The van der Waals surface area contributed by atoms with Crippen LogP contribution in [0.15, 0.2) is 42.6 Å². The first kappa shape index (κ1) is 20.6. The number of aromatic nitrogens is 1. The van der Waals surface area contributed by atoms with Crippen molar-refractivity contribution in [2.45, 2.75) is 26.4 Å². The van der Waals surface area contributed by atoms with Crippen LogP contribution in [0.1, 0.15) is 30.6 Å². The quantitative estimate of drug-likeness (QED) is 0.854. The molecule has 1 N–H and O–H groups in total. The van der Waals surface area contributed by atoms with Crippen LogP contribution in [0.3, 0.4) is 0 Å². The van der Waals surface area contributed by atoms with Gasteiger partial charge in [0.2, 0.25) is 5.88 Å². The number of carbonyl (C=O) groups excluding carboxylic acids is 2. The Balaban J connectivity index is 1.61. The van der Waals surface area contributed by atoms with Crippen molar-refractivity contribution < 1.29 is 18.7 Å². The first-order valence-corrected chi connectivity index (χ1v) is 9.66. The highest BCUT2D eigenvalue weighted by molar-refractivity contribution is 5.94. The van der Waals surface area contributed by atoms with Crippen LogP contribution in [0.25, 0.3) is 0 Å². The van der Waals surface area contributed by atoms with Crippen LogP contribution < -0.4 is 10.1 Å². The average molecular weight is 400 g/mol. The summed E-state index contributed by atoms with van der Waals surface area (Å²) in [6.07, 6.45) is 2.20. The lowest BCUT2D eigenvalue weighted by molar-refractivity contribution is 0.0762. The number of hydrogen-bond acceptors (Lipinski definition) is 4. The van der Waals surface area contributed by atoms with Gasteiger partial charge in [-0.05, 0) is 56.7 Å². The molecule has 0 unspecified atom stereocenters. The average Bonchev–Trinajstić information content (AvgIpc) is 2.95. The molecular formula is C21H25FN4O3. The van der Waals surface area contributed by atoms with Gasteiger partial charge in [-0.2, -0.15) is 0 Å². The molecule has 0 aliphatic carbocycles. The van der Waals surface area contributed by atoms with Crippen molar-refractivity contribution in [3.63, 3.8) is 0 Å². The van der Waals surface area contributed by atoms with Crippen LogP contribution in [-0.2, 0) is 0 Å². The summed E-state index contributed by atoms with van der Waals surface area (Å²) in [5, 5.41) is 2.85. The van der Waals surface area contributed by atoms with E-state index in [9.17, 15) is 14.0 Å². The molecule has 1 aliphatic heterocycles. The van der Waals surface area contributed by atoms with Gasteiger partial charge in [0.25, 0.3) is 5.91 Å². The van der Waals surface area contributed by atoms with E-state index in [-0.39, 0.29) is 23.9 Å². The van der Waals surface area contributed by atoms with Gasteiger partial charge in [0.15, 0.2) is 0 Å². The van der Waals surface area contributed by atoms with E-state index in [0.717, 1.165) is 0 Å². The Bertz CT molecular complexity index is 857. The molecule has 0 radical (unpaired) electrons. The topological polar surface area (TPSA) is 74.8 Å². The van der Waals surface area contributed by atoms with E-state index in [2.05, 4.69) is 10.3 Å². The summed E-state index contributed by atoms with van der Waals surface area (Å²) < 4.78 is 18.7. The molecule has 1 aliphatic rings. The number of amides is 3. The number of benzene rings is 1. The summed E-state index contributed by atoms with van der Waals surface area (Å²) in [5.41, 5.74) is 0.949. The van der Waals surface area contributed by atoms with Crippen LogP contribution >= 0.6 is 0 Å². The van der Waals surface area contributed by atoms with Crippen LogP contribution in [0.2, 0.25) is 0 Å². The second kappa shape index (κ2) is 9.36. The maximum atomic E-state index is 13.1. The molecule has 0 spiro atoms. The number of urea groups is 1. The Morgan fingerprint density at radius 2 is 1.76 bits per heavy atom. The number of nitrogens with zero attached hydrogens (tertiary/aromatic N) is 3. The van der Waals surface area contributed by atoms with E-state index >= 15 is 0 Å². The molecule has 1 saturated heterocycles. The van der Waals surface area contributed by atoms with Gasteiger partial charge in [0, 0.05) is 37.9 Å². The molecule has 7 nitrogen and oxygen atoms in total. The fourth-order valence-corrected chi connectivity index (χ4v) is 3.10. The van der Waals surface area contributed by atoms with Gasteiger partial charge in [-0.1, -0.05) is 0 Å². The van der Waals surface area contributed by atoms with E-state index in [1.54, 1.807) is 28.1 Å². The monoisotopic (exact) mass is 400 g/mol. The molecule has 29 heavy (non-hydrogen) atoms. The maximum Gasteiger partial charge on any atom is 0.322 e. The molecule has 0 bridgehead atoms. The Kier molecular flexibility index (Phi) is 6.64. The van der Waals surface area contributed by atoms with Crippen molar-refractivity contribution in [3.8, 4) is 5.88 Å². The number of ether oxygens (including phenoxy) is 1. The molecule has 1 aromatic carbocycles. The Morgan fingerprint density at radius 1 is 1.07 bits per heavy atom. The third-order valence-corrected chi connectivity index (χ3v) is 4.52. The van der Waals surface area contributed by atoms with E-state index < -0.39 is 0 Å². The summed E-state index contributed by atoms with van der Waals surface area (Å²) in [4.78, 5) is 32.9. The second-order valence-electron chi connectivity index (χ2n) is 7.09. The van der Waals surface area contributed by atoms with Gasteiger partial charge in [-0.25, -0.2) is 14.2 Å². The van der Waals surface area contributed by atoms with Crippen molar-refractivity contribution in [2.24, 2.45) is 0 Å². The molecule has 0 atom stereocenters. The van der Waals surface area contributed by atoms with Gasteiger partial charge in [-0.3, -0.25) is 4.79 Å². The second-order valence-corrected chi connectivity index (χ2v) is 7.09. The largest absolute Gasteiger partial charge is 0.473 e. The molecule has 0 saturated carbocycles. The highest BCUT2D eigenvalue weighted by Gasteiger charge is 2.23. The Labute approximate surface area is 169 Å². The Morgan fingerprint density at radius 3 is 2.48 bits per heavy atom. The number of hydrogen-bond donors (Lipinski definition) is 1. The minimum Gasteiger partial charge on any atom is -0.473 e. The van der Waals surface area contributed by atoms with Gasteiger partial charge in [-0.15, -0.1) is 0 Å². The first-order chi connectivity index (χ1) is 13.9. The minimum atomic E-state index is -0.378. The highest BCUT2D eigenvalue weighted by Crippen LogP contribution is 2.22. The van der Waals surface area contributed by atoms with Gasteiger partial charge in [0.05, 0.1) is 6.10 Å². The van der Waals surface area contributed by atoms with Gasteiger partial charge >= 0.3 is 6.03 Å². The molecule has 1 aromatic heterocycles. The third-order valence-electron chi connectivity index (χ3n) is 4.52. The lowest BCUT2D eigenvalue weighted by atomic mass is 10.2. The van der Waals surface area contributed by atoms with Crippen molar-refractivity contribution in [1.29, 1.82) is 0 Å². The van der Waals surface area contributed by atoms with Crippen LogP contribution in [0, 0.1) is 5.82 Å². The lowest BCUT2D eigenvalue weighted by Gasteiger charge is -2.23. The zero-order chi connectivity index (χ0) is 20.8. The van der Waals surface area contributed by atoms with Gasteiger partial charge < -0.3 is 19.9 Å². The normalized spacial score (nSPS) is 14.5. The summed E-state index contributed by atoms with van der Waals surface area (Å²) >= 11 is 0. The van der Waals surface area contributed by atoms with Crippen molar-refractivity contribution in [2.75, 3.05) is 31.5 Å². The molecular weight excluding hydrogens is 375 g/mol. The molecule has 2 aromatic rings. The van der Waals surface area contributed by atoms with E-state index in [4.69, 9.17) is 4.74 Å². The maximum absolute atomic E-state index is 13.1. The standard InChI is InChI=1S/C21H25FN4O3/c1-15(2)29-19-18(5-3-10-23-19)24-21(28)26-12-4-11-25(13-14-26)20(27)16-6-8-17(22)9-7-16/h3,5-10,15H,4,11-14H2,1-2H3,(H,24,28). The number of halogens is 1. The summed E-state index contributed by atoms with van der Waals surface area (Å²) in [6.45, 7) is 5.66. The Hall–Kier alpha value is -3.16. The fraction of sp³-hybridized carbons (Fsp3) is 0.381. The molecule has 3 rings (SSSR count). The zero-order valence-corrected chi connectivity index (χ0v) is 16.6. The lowest BCUT2D eigenvalue weighted by Crippen LogP contribution is -2.39. The first-order valence-electron chi connectivity index (χ1n) is 9.66. The molecule has 2 heterocycles. The summed E-state index contributed by atoms with van der Waals surface area (Å²) in [7, 11) is 0. The predicted molar refractivity (Wildman–Crippen MR) is 108 cm³/mol. The van der Waals surface area contributed by atoms with E-state index in [1.807, 2.05) is 13.8 Å². The number of anilines is 1. The number of nitrogens with one attached hydrogen (secondary N) is 1. The molecule has 154 valence electrons. The number of rotatable bonds is 4. The van der Waals surface area contributed by atoms with Gasteiger partial charge in [0.1, 0.15) is 11.5 Å². The van der Waals surface area contributed by atoms with Crippen LogP contribution in [-0.4, -0.2) is 59.0 Å². The predicted octanol–water partition coefficient (Wildman–Crippen LogP) is 3.39. The summed E-state index contributed by atoms with van der Waals surface area (Å²) in [6, 6.07) is 8.71. The molecule has 8 heteroatoms. The third kappa shape index (κ3) is 5.43. The van der Waals surface area contributed by atoms with Crippen molar-refractivity contribution in [3.05, 3.63) is 54.0 Å². The molecule has 3 amide bonds. The smallest absolute Gasteiger partial charge is 0.322 e. The summed E-state index contributed by atoms with van der Waals surface area (Å²) in [5.74, 6) is -0.164. The number of pyridine rings is 1. The minimum absolute atomic E-state index is 0.0650. The zero-order valence-electron chi connectivity index (χ0n) is 16.6. The van der Waals surface area contributed by atoms with Crippen molar-refractivity contribution in [1.82, 2.24) is 14.8 Å². The fourth-order valence-electron chi connectivity index (χ4n) is 3.10. The SMILES string of the molecule is CC(C)Oc1ncccc1NC(=O)N1CCCN(C(=O)c2ccc(F)cc2)CC1. The number of carbonyl (C=O) groups is 2. The van der Waals surface area contributed by atoms with Crippen molar-refractivity contribution >= 4 is 17.6 Å². The highest BCUT2D eigenvalue weighted by atomic mass is 19.1. The van der Waals surface area contributed by atoms with E-state index in [0.29, 0.717) is 49.7 Å². The molecule has 1 fully saturated rings.